The summed E-state index contributed by atoms with van der Waals surface area (Å²) in [6.45, 7) is 18.2. The lowest BCUT2D eigenvalue weighted by atomic mass is 9.65. The molecular formula is C65H66. The molecule has 0 unspecified atom stereocenters. The molecule has 10 rings (SSSR count). The first-order chi connectivity index (χ1) is 31.6. The monoisotopic (exact) mass is 847 g/mol. The van der Waals surface area contributed by atoms with E-state index in [1.165, 1.54) is 95.6 Å². The van der Waals surface area contributed by atoms with Gasteiger partial charge in [-0.1, -0.05) is 268 Å². The van der Waals surface area contributed by atoms with Crippen LogP contribution in [0.1, 0.15) is 136 Å². The third kappa shape index (κ3) is 8.60. The molecule has 0 N–H and O–H groups in total. The first kappa shape index (κ1) is 45.1. The Hall–Kier alpha value is -6.50. The van der Waals surface area contributed by atoms with Crippen LogP contribution in [0.5, 0.6) is 0 Å². The van der Waals surface area contributed by atoms with E-state index in [1.807, 2.05) is 0 Å². The lowest BCUT2D eigenvalue weighted by Crippen LogP contribution is -2.31. The molecule has 326 valence electrons. The van der Waals surface area contributed by atoms with Crippen LogP contribution in [0.15, 0.2) is 212 Å². The van der Waals surface area contributed by atoms with Crippen molar-refractivity contribution in [3.63, 3.8) is 0 Å². The van der Waals surface area contributed by atoms with Crippen LogP contribution in [0.2, 0.25) is 0 Å². The fourth-order valence-corrected chi connectivity index (χ4v) is 10.6. The molecule has 0 saturated heterocycles. The summed E-state index contributed by atoms with van der Waals surface area (Å²) in [7, 11) is 0. The Morgan fingerprint density at radius 2 is 0.785 bits per heavy atom. The smallest absolute Gasteiger partial charge is 0.0642 e. The molecule has 9 aromatic rings. The van der Waals surface area contributed by atoms with Gasteiger partial charge in [-0.2, -0.15) is 0 Å². The second-order valence-electron chi connectivity index (χ2n) is 18.8. The molecule has 1 aliphatic rings. The first-order valence-electron chi connectivity index (χ1n) is 24.1. The maximum atomic E-state index is 2.42. The molecule has 1 aliphatic carbocycles. The molecule has 0 fully saturated rings. The van der Waals surface area contributed by atoms with Crippen LogP contribution >= 0.6 is 0 Å². The SMILES string of the molecule is CC(C)c1cc2ccccc2c2ccccc12.CC(C)c1ccc(C(c2ccccc2)(c2ccccc2)c2ccccc2)cc1.CCC1(CC)c2ccccc2-c2cc(C(C)C)ccc21. The molecular weight excluding hydrogens is 781 g/mol. The molecule has 0 aliphatic heterocycles. The average molecular weight is 847 g/mol. The topological polar surface area (TPSA) is 0 Å². The molecule has 9 aromatic carbocycles. The van der Waals surface area contributed by atoms with Crippen molar-refractivity contribution in [3.05, 3.63) is 262 Å². The van der Waals surface area contributed by atoms with Crippen molar-refractivity contribution in [1.82, 2.24) is 0 Å². The van der Waals surface area contributed by atoms with Gasteiger partial charge in [0, 0.05) is 5.41 Å². The van der Waals surface area contributed by atoms with Crippen molar-refractivity contribution in [1.29, 1.82) is 0 Å². The van der Waals surface area contributed by atoms with Crippen LogP contribution in [0, 0.1) is 0 Å². The predicted octanol–water partition coefficient (Wildman–Crippen LogP) is 18.2. The van der Waals surface area contributed by atoms with Crippen molar-refractivity contribution in [3.8, 4) is 11.1 Å². The number of benzene rings is 9. The largest absolute Gasteiger partial charge is 0.0701 e. The highest BCUT2D eigenvalue weighted by atomic mass is 14.4. The van der Waals surface area contributed by atoms with Crippen molar-refractivity contribution in [2.45, 2.75) is 96.8 Å². The minimum absolute atomic E-state index is 0.224. The molecule has 0 spiro atoms. The summed E-state index contributed by atoms with van der Waals surface area (Å²) >= 11 is 0. The van der Waals surface area contributed by atoms with Crippen LogP contribution in [0.4, 0.5) is 0 Å². The second kappa shape index (κ2) is 19.7. The van der Waals surface area contributed by atoms with E-state index in [1.54, 1.807) is 0 Å². The highest BCUT2D eigenvalue weighted by molar-refractivity contribution is 6.09. The Labute approximate surface area is 390 Å². The highest BCUT2D eigenvalue weighted by Gasteiger charge is 2.40. The van der Waals surface area contributed by atoms with Crippen LogP contribution in [-0.2, 0) is 10.8 Å². The van der Waals surface area contributed by atoms with E-state index in [0.29, 0.717) is 17.8 Å². The molecule has 0 heteroatoms. The van der Waals surface area contributed by atoms with Gasteiger partial charge in [0.25, 0.3) is 0 Å². The van der Waals surface area contributed by atoms with Gasteiger partial charge in [0.15, 0.2) is 0 Å². The normalized spacial score (nSPS) is 12.7. The molecule has 0 saturated carbocycles. The maximum absolute atomic E-state index is 2.42. The first-order valence-corrected chi connectivity index (χ1v) is 24.1. The molecule has 0 atom stereocenters. The Kier molecular flexibility index (Phi) is 13.7. The van der Waals surface area contributed by atoms with E-state index in [9.17, 15) is 0 Å². The van der Waals surface area contributed by atoms with Crippen LogP contribution in [0.3, 0.4) is 0 Å². The summed E-state index contributed by atoms with van der Waals surface area (Å²) in [5.41, 5.74) is 15.3. The minimum Gasteiger partial charge on any atom is -0.0642 e. The predicted molar refractivity (Wildman–Crippen MR) is 282 cm³/mol. The minimum atomic E-state index is -0.348. The van der Waals surface area contributed by atoms with E-state index in [-0.39, 0.29) is 10.8 Å². The third-order valence-corrected chi connectivity index (χ3v) is 14.2. The molecule has 0 bridgehead atoms. The molecule has 0 radical (unpaired) electrons. The summed E-state index contributed by atoms with van der Waals surface area (Å²) in [5, 5.41) is 5.46. The van der Waals surface area contributed by atoms with E-state index < -0.39 is 0 Å². The fraction of sp³-hybridized carbons (Fsp3) is 0.231. The van der Waals surface area contributed by atoms with E-state index in [4.69, 9.17) is 0 Å². The van der Waals surface area contributed by atoms with Gasteiger partial charge in [-0.15, -0.1) is 0 Å². The van der Waals surface area contributed by atoms with Gasteiger partial charge < -0.3 is 0 Å². The molecule has 0 amide bonds. The zero-order chi connectivity index (χ0) is 45.6. The summed E-state index contributed by atoms with van der Waals surface area (Å²) in [4.78, 5) is 0. The molecule has 0 heterocycles. The van der Waals surface area contributed by atoms with Crippen LogP contribution < -0.4 is 0 Å². The van der Waals surface area contributed by atoms with Crippen molar-refractivity contribution in [2.75, 3.05) is 0 Å². The number of hydrogen-bond donors (Lipinski definition) is 0. The van der Waals surface area contributed by atoms with Gasteiger partial charge in [0.1, 0.15) is 0 Å². The summed E-state index contributed by atoms with van der Waals surface area (Å²) in [6, 6.07) is 77.6. The summed E-state index contributed by atoms with van der Waals surface area (Å²) < 4.78 is 0. The highest BCUT2D eigenvalue weighted by Crippen LogP contribution is 2.53. The van der Waals surface area contributed by atoms with E-state index in [0.717, 1.165) is 0 Å². The summed E-state index contributed by atoms with van der Waals surface area (Å²) in [6.07, 6.45) is 2.35. The van der Waals surface area contributed by atoms with Gasteiger partial charge in [-0.05, 0) is 113 Å². The van der Waals surface area contributed by atoms with Crippen LogP contribution in [0.25, 0.3) is 32.7 Å². The number of fused-ring (bicyclic) bond motifs is 6. The lowest BCUT2D eigenvalue weighted by Gasteiger charge is -2.37. The quantitative estimate of drug-likeness (QED) is 0.100. The third-order valence-electron chi connectivity index (χ3n) is 14.2. The Balaban J connectivity index is 0.000000138. The van der Waals surface area contributed by atoms with Gasteiger partial charge in [0.2, 0.25) is 0 Å². The molecule has 0 nitrogen and oxygen atoms in total. The number of hydrogen-bond acceptors (Lipinski definition) is 0. The molecule has 0 aromatic heterocycles. The zero-order valence-electron chi connectivity index (χ0n) is 39.9. The summed E-state index contributed by atoms with van der Waals surface area (Å²) in [5.74, 6) is 1.67. The van der Waals surface area contributed by atoms with E-state index in [2.05, 4.69) is 268 Å². The number of rotatable bonds is 9. The van der Waals surface area contributed by atoms with E-state index >= 15 is 0 Å². The van der Waals surface area contributed by atoms with Gasteiger partial charge >= 0.3 is 0 Å². The molecule has 65 heavy (non-hydrogen) atoms. The maximum Gasteiger partial charge on any atom is 0.0701 e. The van der Waals surface area contributed by atoms with Crippen molar-refractivity contribution < 1.29 is 0 Å². The zero-order valence-corrected chi connectivity index (χ0v) is 39.9. The van der Waals surface area contributed by atoms with Crippen molar-refractivity contribution in [2.24, 2.45) is 0 Å². The van der Waals surface area contributed by atoms with Crippen LogP contribution in [-0.4, -0.2) is 0 Å². The van der Waals surface area contributed by atoms with Gasteiger partial charge in [-0.25, -0.2) is 0 Å². The average Bonchev–Trinajstić information content (AvgIpc) is 3.64. The Bertz CT molecular complexity index is 2850. The fourth-order valence-electron chi connectivity index (χ4n) is 10.6. The second-order valence-corrected chi connectivity index (χ2v) is 18.8. The van der Waals surface area contributed by atoms with Crippen molar-refractivity contribution >= 4 is 21.5 Å². The van der Waals surface area contributed by atoms with Gasteiger partial charge in [0.05, 0.1) is 5.41 Å². The standard InChI is InChI=1S/C28H26.C20H24.C17H16/c1-22(2)23-18-20-27(21-19-23)28(24-12-6-3-7-13-24,25-14-8-4-9-15-25)26-16-10-5-11-17-26;1-5-20(6-2)18-10-8-7-9-16(18)17-13-15(14(3)4)11-12-19(17)20;1-12(2)17-11-13-7-3-4-8-14(13)15-9-5-6-10-16(15)17/h3-22H,1-2H3;7-14H,5-6H2,1-4H3;3-12H,1-2H3. The lowest BCUT2D eigenvalue weighted by molar-refractivity contribution is 0.490. The Morgan fingerprint density at radius 1 is 0.354 bits per heavy atom. The Morgan fingerprint density at radius 3 is 1.31 bits per heavy atom. The van der Waals surface area contributed by atoms with Gasteiger partial charge in [-0.3, -0.25) is 0 Å².